The Kier molecular flexibility index (Phi) is 7.81. The Hall–Kier alpha value is -4.08. The van der Waals surface area contributed by atoms with Crippen molar-refractivity contribution in [1.29, 1.82) is 0 Å². The summed E-state index contributed by atoms with van der Waals surface area (Å²) in [6.45, 7) is 6.09. The summed E-state index contributed by atoms with van der Waals surface area (Å²) in [7, 11) is 0. The molecule has 0 spiro atoms. The molecule has 35 heavy (non-hydrogen) atoms. The second-order valence-corrected chi connectivity index (χ2v) is 8.80. The van der Waals surface area contributed by atoms with Crippen LogP contribution in [0.1, 0.15) is 56.6 Å². The zero-order valence-corrected chi connectivity index (χ0v) is 20.0. The number of nitro benzene ring substituents is 1. The molecule has 2 N–H and O–H groups in total. The number of hydrogen-bond acceptors (Lipinski definition) is 9. The molecular weight excluding hydrogens is 444 g/mol. The Morgan fingerprint density at radius 1 is 0.943 bits per heavy atom. The van der Waals surface area contributed by atoms with E-state index in [1.54, 1.807) is 18.3 Å². The van der Waals surface area contributed by atoms with Crippen LogP contribution in [0.15, 0.2) is 53.6 Å². The minimum absolute atomic E-state index is 0.0228. The third-order valence-electron chi connectivity index (χ3n) is 5.83. The van der Waals surface area contributed by atoms with Crippen LogP contribution in [0, 0.1) is 10.1 Å². The zero-order chi connectivity index (χ0) is 24.6. The van der Waals surface area contributed by atoms with Gasteiger partial charge in [0.15, 0.2) is 0 Å². The molecule has 1 aliphatic rings. The second-order valence-electron chi connectivity index (χ2n) is 8.80. The summed E-state index contributed by atoms with van der Waals surface area (Å²) in [4.78, 5) is 26.3. The molecule has 1 fully saturated rings. The van der Waals surface area contributed by atoms with Crippen LogP contribution in [-0.2, 0) is 0 Å². The van der Waals surface area contributed by atoms with Gasteiger partial charge in [-0.3, -0.25) is 10.1 Å². The predicted molar refractivity (Wildman–Crippen MR) is 139 cm³/mol. The lowest BCUT2D eigenvalue weighted by molar-refractivity contribution is -0.384. The lowest BCUT2D eigenvalue weighted by atomic mass is 10.0. The first kappa shape index (κ1) is 24.1. The molecule has 0 atom stereocenters. The number of hydrazone groups is 1. The highest BCUT2D eigenvalue weighted by atomic mass is 16.6. The van der Waals surface area contributed by atoms with E-state index in [0.717, 1.165) is 31.5 Å². The monoisotopic (exact) mass is 474 g/mol. The maximum atomic E-state index is 10.9. The molecule has 0 unspecified atom stereocenters. The SMILES string of the molecule is CC(C)c1ccc(C=NNc2nc(Nc3ccc([N+](=O)[O-])cc3)nc(N3CCCCCC3)n2)cc1. The van der Waals surface area contributed by atoms with Crippen LogP contribution in [0.2, 0.25) is 0 Å². The van der Waals surface area contributed by atoms with Gasteiger partial charge < -0.3 is 10.2 Å². The summed E-state index contributed by atoms with van der Waals surface area (Å²) in [6, 6.07) is 14.4. The summed E-state index contributed by atoms with van der Waals surface area (Å²) in [5.74, 6) is 1.71. The molecule has 182 valence electrons. The average Bonchev–Trinajstić information content (AvgIpc) is 3.14. The fraction of sp³-hybridized carbons (Fsp3) is 0.360. The van der Waals surface area contributed by atoms with Gasteiger partial charge in [-0.15, -0.1) is 0 Å². The highest BCUT2D eigenvalue weighted by Crippen LogP contribution is 2.22. The molecule has 2 aromatic carbocycles. The molecule has 0 amide bonds. The van der Waals surface area contributed by atoms with Crippen molar-refractivity contribution < 1.29 is 4.92 Å². The molecule has 1 aromatic heterocycles. The number of nitrogens with zero attached hydrogens (tertiary/aromatic N) is 6. The Morgan fingerprint density at radius 2 is 1.60 bits per heavy atom. The van der Waals surface area contributed by atoms with Crippen LogP contribution in [0.25, 0.3) is 0 Å². The second kappa shape index (κ2) is 11.4. The lowest BCUT2D eigenvalue weighted by Gasteiger charge is -2.21. The van der Waals surface area contributed by atoms with Crippen LogP contribution in [0.3, 0.4) is 0 Å². The summed E-state index contributed by atoms with van der Waals surface area (Å²) < 4.78 is 0. The zero-order valence-electron chi connectivity index (χ0n) is 20.0. The van der Waals surface area contributed by atoms with Gasteiger partial charge in [-0.2, -0.15) is 20.1 Å². The first-order chi connectivity index (χ1) is 17.0. The van der Waals surface area contributed by atoms with E-state index < -0.39 is 4.92 Å². The molecule has 3 aromatic rings. The molecule has 10 heteroatoms. The first-order valence-electron chi connectivity index (χ1n) is 11.9. The van der Waals surface area contributed by atoms with Crippen LogP contribution in [0.5, 0.6) is 0 Å². The maximum Gasteiger partial charge on any atom is 0.269 e. The van der Waals surface area contributed by atoms with E-state index in [0.29, 0.717) is 29.5 Å². The van der Waals surface area contributed by atoms with Gasteiger partial charge in [-0.05, 0) is 42.0 Å². The number of aromatic nitrogens is 3. The van der Waals surface area contributed by atoms with Gasteiger partial charge in [0.1, 0.15) is 0 Å². The molecular formula is C25H30N8O2. The number of anilines is 4. The van der Waals surface area contributed by atoms with Crippen molar-refractivity contribution in [3.63, 3.8) is 0 Å². The van der Waals surface area contributed by atoms with Crippen molar-refractivity contribution in [2.75, 3.05) is 28.7 Å². The van der Waals surface area contributed by atoms with Crippen molar-refractivity contribution in [3.8, 4) is 0 Å². The molecule has 0 aliphatic carbocycles. The Morgan fingerprint density at radius 3 is 2.23 bits per heavy atom. The van der Waals surface area contributed by atoms with Crippen LogP contribution in [0.4, 0.5) is 29.2 Å². The van der Waals surface area contributed by atoms with E-state index in [1.165, 1.54) is 30.5 Å². The summed E-state index contributed by atoms with van der Waals surface area (Å²) in [5, 5.41) is 18.4. The minimum Gasteiger partial charge on any atom is -0.341 e. The molecule has 0 saturated carbocycles. The smallest absolute Gasteiger partial charge is 0.269 e. The summed E-state index contributed by atoms with van der Waals surface area (Å²) in [6.07, 6.45) is 6.29. The standard InChI is InChI=1S/C25H30N8O2/c1-18(2)20-9-7-19(8-10-20)17-26-31-24-28-23(27-21-11-13-22(14-12-21)33(34)35)29-25(30-24)32-15-5-3-4-6-16-32/h7-14,17-18H,3-6,15-16H2,1-2H3,(H2,27,28,29,30,31). The van der Waals surface area contributed by atoms with Gasteiger partial charge >= 0.3 is 0 Å². The van der Waals surface area contributed by atoms with Crippen molar-refractivity contribution in [1.82, 2.24) is 15.0 Å². The van der Waals surface area contributed by atoms with Crippen molar-refractivity contribution in [3.05, 3.63) is 69.8 Å². The third-order valence-corrected chi connectivity index (χ3v) is 5.83. The van der Waals surface area contributed by atoms with E-state index in [-0.39, 0.29) is 5.69 Å². The van der Waals surface area contributed by atoms with Crippen molar-refractivity contribution >= 4 is 35.4 Å². The molecule has 0 radical (unpaired) electrons. The Labute approximate surface area is 204 Å². The fourth-order valence-corrected chi connectivity index (χ4v) is 3.81. The third kappa shape index (κ3) is 6.72. The largest absolute Gasteiger partial charge is 0.341 e. The minimum atomic E-state index is -0.430. The lowest BCUT2D eigenvalue weighted by Crippen LogP contribution is -2.26. The van der Waals surface area contributed by atoms with E-state index in [2.05, 4.69) is 61.7 Å². The number of nitrogens with one attached hydrogen (secondary N) is 2. The van der Waals surface area contributed by atoms with Crippen LogP contribution < -0.4 is 15.6 Å². The molecule has 1 aliphatic heterocycles. The number of benzene rings is 2. The number of hydrogen-bond donors (Lipinski definition) is 2. The van der Waals surface area contributed by atoms with E-state index in [4.69, 9.17) is 0 Å². The molecule has 1 saturated heterocycles. The van der Waals surface area contributed by atoms with Gasteiger partial charge in [-0.25, -0.2) is 5.43 Å². The molecule has 2 heterocycles. The topological polar surface area (TPSA) is 121 Å². The fourth-order valence-electron chi connectivity index (χ4n) is 3.81. The van der Waals surface area contributed by atoms with Gasteiger partial charge in [0.05, 0.1) is 11.1 Å². The number of non-ortho nitro benzene ring substituents is 1. The molecule has 0 bridgehead atoms. The summed E-state index contributed by atoms with van der Waals surface area (Å²) in [5.41, 5.74) is 5.83. The van der Waals surface area contributed by atoms with Crippen molar-refractivity contribution in [2.24, 2.45) is 5.10 Å². The van der Waals surface area contributed by atoms with Crippen LogP contribution >= 0.6 is 0 Å². The average molecular weight is 475 g/mol. The van der Waals surface area contributed by atoms with E-state index >= 15 is 0 Å². The highest BCUT2D eigenvalue weighted by molar-refractivity contribution is 5.80. The first-order valence-corrected chi connectivity index (χ1v) is 11.9. The van der Waals surface area contributed by atoms with Crippen molar-refractivity contribution in [2.45, 2.75) is 45.4 Å². The van der Waals surface area contributed by atoms with E-state index in [9.17, 15) is 10.1 Å². The number of rotatable bonds is 8. The molecule has 10 nitrogen and oxygen atoms in total. The summed E-state index contributed by atoms with van der Waals surface area (Å²) >= 11 is 0. The Bertz CT molecular complexity index is 1160. The maximum absolute atomic E-state index is 10.9. The van der Waals surface area contributed by atoms with Gasteiger partial charge in [0, 0.05) is 30.9 Å². The molecule has 4 rings (SSSR count). The van der Waals surface area contributed by atoms with Gasteiger partial charge in [-0.1, -0.05) is 51.0 Å². The van der Waals surface area contributed by atoms with E-state index in [1.807, 2.05) is 12.1 Å². The number of nitro groups is 1. The Balaban J connectivity index is 1.54. The highest BCUT2D eigenvalue weighted by Gasteiger charge is 2.16. The van der Waals surface area contributed by atoms with Gasteiger partial charge in [0.25, 0.3) is 5.69 Å². The van der Waals surface area contributed by atoms with Gasteiger partial charge in [0.2, 0.25) is 17.8 Å². The predicted octanol–water partition coefficient (Wildman–Crippen LogP) is 5.47. The normalized spacial score (nSPS) is 14.2. The van der Waals surface area contributed by atoms with Crippen LogP contribution in [-0.4, -0.2) is 39.2 Å². The quantitative estimate of drug-likeness (QED) is 0.250.